The average molecular weight is 294 g/mol. The highest BCUT2D eigenvalue weighted by Gasteiger charge is 2.27. The van der Waals surface area contributed by atoms with Gasteiger partial charge in [-0.05, 0) is 61.5 Å². The molecule has 1 nitrogen and oxygen atoms in total. The Labute approximate surface area is 134 Å². The van der Waals surface area contributed by atoms with Crippen molar-refractivity contribution in [2.24, 2.45) is 11.8 Å². The van der Waals surface area contributed by atoms with Gasteiger partial charge in [-0.15, -0.1) is 0 Å². The van der Waals surface area contributed by atoms with Gasteiger partial charge in [0.15, 0.2) is 0 Å². The molecule has 1 heteroatoms. The predicted octanol–water partition coefficient (Wildman–Crippen LogP) is 4.64. The van der Waals surface area contributed by atoms with Crippen LogP contribution in [0.25, 0.3) is 0 Å². The second kappa shape index (κ2) is 7.60. The van der Waals surface area contributed by atoms with E-state index in [1.165, 1.54) is 24.0 Å². The van der Waals surface area contributed by atoms with Gasteiger partial charge in [0.05, 0.1) is 6.10 Å². The normalized spacial score (nSPS) is 21.9. The maximum atomic E-state index is 9.79. The van der Waals surface area contributed by atoms with E-state index in [0.717, 1.165) is 31.6 Å². The predicted molar refractivity (Wildman–Crippen MR) is 91.7 cm³/mol. The van der Waals surface area contributed by atoms with Crippen molar-refractivity contribution in [3.8, 4) is 0 Å². The zero-order valence-electron chi connectivity index (χ0n) is 13.2. The van der Waals surface area contributed by atoms with Crippen molar-refractivity contribution in [1.82, 2.24) is 0 Å². The molecule has 1 aliphatic rings. The molecule has 0 amide bonds. The summed E-state index contributed by atoms with van der Waals surface area (Å²) in [4.78, 5) is 0. The second-order valence-corrected chi connectivity index (χ2v) is 6.71. The van der Waals surface area contributed by atoms with Gasteiger partial charge in [-0.2, -0.15) is 0 Å². The monoisotopic (exact) mass is 294 g/mol. The minimum Gasteiger partial charge on any atom is -0.393 e. The molecule has 1 N–H and O–H groups in total. The van der Waals surface area contributed by atoms with E-state index in [-0.39, 0.29) is 6.10 Å². The topological polar surface area (TPSA) is 20.2 Å². The summed E-state index contributed by atoms with van der Waals surface area (Å²) in [6, 6.07) is 21.7. The highest BCUT2D eigenvalue weighted by molar-refractivity contribution is 5.19. The van der Waals surface area contributed by atoms with E-state index in [1.807, 2.05) is 0 Å². The fourth-order valence-electron chi connectivity index (χ4n) is 3.81. The van der Waals surface area contributed by atoms with Gasteiger partial charge in [-0.25, -0.2) is 0 Å². The SMILES string of the molecule is O[C@H]1CC[C@H](C(Cc2ccccc2)Cc2ccccc2)CC1. The third kappa shape index (κ3) is 4.20. The summed E-state index contributed by atoms with van der Waals surface area (Å²) < 4.78 is 0. The third-order valence-electron chi connectivity index (χ3n) is 5.09. The number of aliphatic hydroxyl groups excluding tert-OH is 1. The lowest BCUT2D eigenvalue weighted by Gasteiger charge is -2.32. The summed E-state index contributed by atoms with van der Waals surface area (Å²) in [7, 11) is 0. The van der Waals surface area contributed by atoms with Gasteiger partial charge in [0.1, 0.15) is 0 Å². The van der Waals surface area contributed by atoms with Crippen LogP contribution < -0.4 is 0 Å². The fourth-order valence-corrected chi connectivity index (χ4v) is 3.81. The van der Waals surface area contributed by atoms with Crippen LogP contribution in [0.15, 0.2) is 60.7 Å². The van der Waals surface area contributed by atoms with E-state index in [4.69, 9.17) is 0 Å². The number of aliphatic hydroxyl groups is 1. The Morgan fingerprint density at radius 1 is 0.727 bits per heavy atom. The maximum absolute atomic E-state index is 9.79. The third-order valence-corrected chi connectivity index (χ3v) is 5.09. The lowest BCUT2D eigenvalue weighted by atomic mass is 9.74. The molecule has 116 valence electrons. The van der Waals surface area contributed by atoms with Crippen LogP contribution >= 0.6 is 0 Å². The first-order valence-electron chi connectivity index (χ1n) is 8.57. The standard InChI is InChI=1S/C21H26O/c22-21-13-11-19(12-14-21)20(15-17-7-3-1-4-8-17)16-18-9-5-2-6-10-18/h1-10,19-22H,11-16H2/t19-,21-. The number of rotatable bonds is 5. The molecule has 3 rings (SSSR count). The first kappa shape index (κ1) is 15.3. The van der Waals surface area contributed by atoms with Crippen molar-refractivity contribution in [2.45, 2.75) is 44.6 Å². The highest BCUT2D eigenvalue weighted by Crippen LogP contribution is 2.34. The summed E-state index contributed by atoms with van der Waals surface area (Å²) in [5.41, 5.74) is 2.88. The average Bonchev–Trinajstić information content (AvgIpc) is 2.57. The van der Waals surface area contributed by atoms with Gasteiger partial charge in [0, 0.05) is 0 Å². The summed E-state index contributed by atoms with van der Waals surface area (Å²) in [6.07, 6.45) is 6.53. The van der Waals surface area contributed by atoms with E-state index in [9.17, 15) is 5.11 Å². The first-order chi connectivity index (χ1) is 10.8. The summed E-state index contributed by atoms with van der Waals surface area (Å²) in [5, 5.41) is 9.79. The minimum absolute atomic E-state index is 0.0645. The van der Waals surface area contributed by atoms with E-state index < -0.39 is 0 Å². The molecule has 0 aromatic heterocycles. The fraction of sp³-hybridized carbons (Fsp3) is 0.429. The Bertz CT molecular complexity index is 499. The minimum atomic E-state index is -0.0645. The Hall–Kier alpha value is -1.60. The number of hydrogen-bond donors (Lipinski definition) is 1. The molecule has 0 radical (unpaired) electrons. The van der Waals surface area contributed by atoms with Crippen molar-refractivity contribution in [3.63, 3.8) is 0 Å². The van der Waals surface area contributed by atoms with Crippen molar-refractivity contribution in [3.05, 3.63) is 71.8 Å². The largest absolute Gasteiger partial charge is 0.393 e. The number of hydrogen-bond acceptors (Lipinski definition) is 1. The molecule has 0 heterocycles. The Balaban J connectivity index is 1.73. The van der Waals surface area contributed by atoms with Gasteiger partial charge in [-0.3, -0.25) is 0 Å². The molecule has 2 aromatic rings. The molecule has 22 heavy (non-hydrogen) atoms. The van der Waals surface area contributed by atoms with E-state index in [0.29, 0.717) is 5.92 Å². The van der Waals surface area contributed by atoms with Gasteiger partial charge in [-0.1, -0.05) is 60.7 Å². The Kier molecular flexibility index (Phi) is 5.29. The lowest BCUT2D eigenvalue weighted by molar-refractivity contribution is 0.0906. The van der Waals surface area contributed by atoms with Gasteiger partial charge in [0.25, 0.3) is 0 Å². The lowest BCUT2D eigenvalue weighted by Crippen LogP contribution is -2.26. The molecule has 0 spiro atoms. The van der Waals surface area contributed by atoms with Crippen LogP contribution in [0, 0.1) is 11.8 Å². The zero-order valence-corrected chi connectivity index (χ0v) is 13.2. The van der Waals surface area contributed by atoms with Gasteiger partial charge in [0.2, 0.25) is 0 Å². The van der Waals surface area contributed by atoms with Crippen molar-refractivity contribution >= 4 is 0 Å². The zero-order chi connectivity index (χ0) is 15.2. The second-order valence-electron chi connectivity index (χ2n) is 6.71. The first-order valence-corrected chi connectivity index (χ1v) is 8.57. The van der Waals surface area contributed by atoms with Crippen LogP contribution in [-0.4, -0.2) is 11.2 Å². The van der Waals surface area contributed by atoms with Crippen molar-refractivity contribution < 1.29 is 5.11 Å². The summed E-state index contributed by atoms with van der Waals surface area (Å²) >= 11 is 0. The van der Waals surface area contributed by atoms with Crippen LogP contribution in [0.3, 0.4) is 0 Å². The molecular weight excluding hydrogens is 268 g/mol. The number of benzene rings is 2. The molecule has 1 fully saturated rings. The van der Waals surface area contributed by atoms with Crippen LogP contribution in [0.5, 0.6) is 0 Å². The highest BCUT2D eigenvalue weighted by atomic mass is 16.3. The van der Waals surface area contributed by atoms with Crippen LogP contribution in [0.1, 0.15) is 36.8 Å². The Morgan fingerprint density at radius 3 is 1.64 bits per heavy atom. The molecular formula is C21H26O. The van der Waals surface area contributed by atoms with E-state index in [2.05, 4.69) is 60.7 Å². The molecule has 0 atom stereocenters. The quantitative estimate of drug-likeness (QED) is 0.852. The smallest absolute Gasteiger partial charge is 0.0540 e. The molecule has 1 saturated carbocycles. The van der Waals surface area contributed by atoms with Crippen LogP contribution in [-0.2, 0) is 12.8 Å². The van der Waals surface area contributed by atoms with Crippen LogP contribution in [0.4, 0.5) is 0 Å². The molecule has 0 aliphatic heterocycles. The summed E-state index contributed by atoms with van der Waals surface area (Å²) in [6.45, 7) is 0. The molecule has 0 bridgehead atoms. The van der Waals surface area contributed by atoms with Crippen molar-refractivity contribution in [2.75, 3.05) is 0 Å². The molecule has 1 aliphatic carbocycles. The summed E-state index contributed by atoms with van der Waals surface area (Å²) in [5.74, 6) is 1.42. The molecule has 0 unspecified atom stereocenters. The van der Waals surface area contributed by atoms with Crippen molar-refractivity contribution in [1.29, 1.82) is 0 Å². The molecule has 0 saturated heterocycles. The Morgan fingerprint density at radius 2 is 1.18 bits per heavy atom. The van der Waals surface area contributed by atoms with Gasteiger partial charge < -0.3 is 5.11 Å². The van der Waals surface area contributed by atoms with Crippen LogP contribution in [0.2, 0.25) is 0 Å². The maximum Gasteiger partial charge on any atom is 0.0540 e. The molecule has 2 aromatic carbocycles. The van der Waals surface area contributed by atoms with Gasteiger partial charge >= 0.3 is 0 Å². The van der Waals surface area contributed by atoms with E-state index in [1.54, 1.807) is 0 Å². The van der Waals surface area contributed by atoms with E-state index >= 15 is 0 Å².